The monoisotopic (exact) mass is 269 g/mol. The van der Waals surface area contributed by atoms with E-state index in [4.69, 9.17) is 5.11 Å². The molecule has 19 heavy (non-hydrogen) atoms. The highest BCUT2D eigenvalue weighted by Gasteiger charge is 2.65. The number of carboxylic acid groups (broad SMARTS) is 1. The first-order valence-corrected chi connectivity index (χ1v) is 6.08. The van der Waals surface area contributed by atoms with Crippen LogP contribution in [0.5, 0.6) is 0 Å². The SMILES string of the molecule is CC1(C)C(Nc2c(F)cc(C(=O)O)cc2F)C1(C)C. The normalized spacial score (nSPS) is 20.1. The van der Waals surface area contributed by atoms with Gasteiger partial charge >= 0.3 is 5.97 Å². The molecule has 0 aromatic heterocycles. The number of benzene rings is 1. The minimum absolute atomic E-state index is 0.0559. The lowest BCUT2D eigenvalue weighted by molar-refractivity contribution is 0.0696. The van der Waals surface area contributed by atoms with E-state index >= 15 is 0 Å². The van der Waals surface area contributed by atoms with Gasteiger partial charge in [0.25, 0.3) is 0 Å². The van der Waals surface area contributed by atoms with E-state index in [1.165, 1.54) is 0 Å². The molecular weight excluding hydrogens is 252 g/mol. The molecule has 0 spiro atoms. The van der Waals surface area contributed by atoms with E-state index in [1.54, 1.807) is 0 Å². The van der Waals surface area contributed by atoms with Crippen LogP contribution in [0.1, 0.15) is 38.1 Å². The third-order valence-corrected chi connectivity index (χ3v) is 4.60. The highest BCUT2D eigenvalue weighted by Crippen LogP contribution is 2.63. The van der Waals surface area contributed by atoms with Gasteiger partial charge in [-0.05, 0) is 23.0 Å². The van der Waals surface area contributed by atoms with Gasteiger partial charge in [-0.15, -0.1) is 0 Å². The van der Waals surface area contributed by atoms with Gasteiger partial charge in [-0.25, -0.2) is 13.6 Å². The summed E-state index contributed by atoms with van der Waals surface area (Å²) in [6.07, 6.45) is 0. The largest absolute Gasteiger partial charge is 0.478 e. The van der Waals surface area contributed by atoms with Gasteiger partial charge in [0, 0.05) is 6.04 Å². The van der Waals surface area contributed by atoms with Gasteiger partial charge in [0.05, 0.1) is 5.56 Å². The first-order chi connectivity index (χ1) is 8.59. The Morgan fingerprint density at radius 2 is 1.58 bits per heavy atom. The van der Waals surface area contributed by atoms with Gasteiger partial charge in [0.1, 0.15) is 17.3 Å². The van der Waals surface area contributed by atoms with Gasteiger partial charge in [0.15, 0.2) is 0 Å². The van der Waals surface area contributed by atoms with Crippen LogP contribution in [0.3, 0.4) is 0 Å². The van der Waals surface area contributed by atoms with Gasteiger partial charge in [-0.2, -0.15) is 0 Å². The van der Waals surface area contributed by atoms with E-state index in [2.05, 4.69) is 5.32 Å². The van der Waals surface area contributed by atoms with Gasteiger partial charge in [-0.1, -0.05) is 27.7 Å². The lowest BCUT2D eigenvalue weighted by atomic mass is 10.0. The second-order valence-corrected chi connectivity index (χ2v) is 6.14. The molecule has 2 N–H and O–H groups in total. The molecule has 1 aliphatic rings. The smallest absolute Gasteiger partial charge is 0.335 e. The summed E-state index contributed by atoms with van der Waals surface area (Å²) in [5.74, 6) is -3.11. The Bertz CT molecular complexity index is 515. The fourth-order valence-electron chi connectivity index (χ4n) is 2.54. The van der Waals surface area contributed by atoms with Crippen molar-refractivity contribution in [2.45, 2.75) is 33.7 Å². The van der Waals surface area contributed by atoms with Crippen LogP contribution in [0.25, 0.3) is 0 Å². The molecule has 1 aromatic carbocycles. The van der Waals surface area contributed by atoms with Gasteiger partial charge in [-0.3, -0.25) is 0 Å². The van der Waals surface area contributed by atoms with Gasteiger partial charge < -0.3 is 10.4 Å². The number of halogens is 2. The van der Waals surface area contributed by atoms with Crippen LogP contribution in [0.15, 0.2) is 12.1 Å². The molecule has 104 valence electrons. The van der Waals surface area contributed by atoms with Crippen LogP contribution < -0.4 is 5.32 Å². The first-order valence-electron chi connectivity index (χ1n) is 6.08. The number of carboxylic acids is 1. The number of hydrogen-bond acceptors (Lipinski definition) is 2. The predicted molar refractivity (Wildman–Crippen MR) is 68.3 cm³/mol. The van der Waals surface area contributed by atoms with E-state index in [0.29, 0.717) is 0 Å². The summed E-state index contributed by atoms with van der Waals surface area (Å²) in [6, 6.07) is 1.60. The molecule has 5 heteroatoms. The maximum atomic E-state index is 13.8. The Balaban J connectivity index is 2.31. The van der Waals surface area contributed by atoms with Crippen LogP contribution in [0.2, 0.25) is 0 Å². The molecule has 0 unspecified atom stereocenters. The molecule has 0 saturated heterocycles. The fraction of sp³-hybridized carbons (Fsp3) is 0.500. The quantitative estimate of drug-likeness (QED) is 0.882. The third-order valence-electron chi connectivity index (χ3n) is 4.60. The van der Waals surface area contributed by atoms with Crippen LogP contribution in [-0.2, 0) is 0 Å². The molecule has 0 bridgehead atoms. The molecule has 1 aromatic rings. The van der Waals surface area contributed by atoms with E-state index in [-0.39, 0.29) is 22.6 Å². The summed E-state index contributed by atoms with van der Waals surface area (Å²) in [7, 11) is 0. The van der Waals surface area contributed by atoms with Crippen molar-refractivity contribution in [1.29, 1.82) is 0 Å². The second-order valence-electron chi connectivity index (χ2n) is 6.14. The highest BCUT2D eigenvalue weighted by atomic mass is 19.1. The minimum atomic E-state index is -1.35. The van der Waals surface area contributed by atoms with Crippen LogP contribution in [0.4, 0.5) is 14.5 Å². The number of hydrogen-bond donors (Lipinski definition) is 2. The maximum absolute atomic E-state index is 13.8. The molecular formula is C14H17F2NO2. The van der Waals surface area contributed by atoms with Crippen molar-refractivity contribution < 1.29 is 18.7 Å². The van der Waals surface area contributed by atoms with Crippen molar-refractivity contribution >= 4 is 11.7 Å². The maximum Gasteiger partial charge on any atom is 0.335 e. The van der Waals surface area contributed by atoms with Gasteiger partial charge in [0.2, 0.25) is 0 Å². The molecule has 0 atom stereocenters. The summed E-state index contributed by atoms with van der Waals surface area (Å²) < 4.78 is 27.6. The zero-order valence-corrected chi connectivity index (χ0v) is 11.3. The molecule has 3 nitrogen and oxygen atoms in total. The molecule has 0 radical (unpaired) electrons. The Hall–Kier alpha value is -1.65. The fourth-order valence-corrected chi connectivity index (χ4v) is 2.54. The Labute approximate surface area is 110 Å². The molecule has 2 rings (SSSR count). The number of rotatable bonds is 3. The van der Waals surface area contributed by atoms with Crippen LogP contribution in [-0.4, -0.2) is 17.1 Å². The predicted octanol–water partition coefficient (Wildman–Crippen LogP) is 3.51. The number of carbonyl (C=O) groups is 1. The average Bonchev–Trinajstić information content (AvgIpc) is 2.64. The van der Waals surface area contributed by atoms with Crippen molar-refractivity contribution in [3.05, 3.63) is 29.3 Å². The molecule has 1 saturated carbocycles. The number of nitrogens with one attached hydrogen (secondary N) is 1. The molecule has 1 fully saturated rings. The summed E-state index contributed by atoms with van der Waals surface area (Å²) in [5, 5.41) is 11.6. The molecule has 0 amide bonds. The van der Waals surface area contributed by atoms with Crippen LogP contribution in [0, 0.1) is 22.5 Å². The lowest BCUT2D eigenvalue weighted by Gasteiger charge is -2.11. The zero-order chi connectivity index (χ0) is 14.6. The average molecular weight is 269 g/mol. The minimum Gasteiger partial charge on any atom is -0.478 e. The van der Waals surface area contributed by atoms with E-state index in [9.17, 15) is 13.6 Å². The topological polar surface area (TPSA) is 49.3 Å². The highest BCUT2D eigenvalue weighted by molar-refractivity contribution is 5.88. The van der Waals surface area contributed by atoms with E-state index < -0.39 is 23.2 Å². The zero-order valence-electron chi connectivity index (χ0n) is 11.3. The standard InChI is InChI=1S/C14H17F2NO2/c1-13(2)12(14(13,3)4)17-10-8(15)5-7(11(18)19)6-9(10)16/h5-6,12,17H,1-4H3,(H,18,19). The van der Waals surface area contributed by atoms with E-state index in [1.807, 2.05) is 27.7 Å². The Morgan fingerprint density at radius 3 is 1.89 bits per heavy atom. The van der Waals surface area contributed by atoms with Crippen molar-refractivity contribution in [2.24, 2.45) is 10.8 Å². The van der Waals surface area contributed by atoms with Crippen molar-refractivity contribution in [1.82, 2.24) is 0 Å². The first kappa shape index (κ1) is 13.8. The number of aromatic carboxylic acids is 1. The third kappa shape index (κ3) is 1.97. The summed E-state index contributed by atoms with van der Waals surface area (Å²) in [5.41, 5.74) is -0.794. The summed E-state index contributed by atoms with van der Waals surface area (Å²) >= 11 is 0. The van der Waals surface area contributed by atoms with Crippen LogP contribution >= 0.6 is 0 Å². The number of anilines is 1. The Morgan fingerprint density at radius 1 is 1.16 bits per heavy atom. The van der Waals surface area contributed by atoms with Crippen molar-refractivity contribution in [2.75, 3.05) is 5.32 Å². The van der Waals surface area contributed by atoms with E-state index in [0.717, 1.165) is 12.1 Å². The summed E-state index contributed by atoms with van der Waals surface area (Å²) in [4.78, 5) is 10.7. The van der Waals surface area contributed by atoms with Crippen molar-refractivity contribution in [3.8, 4) is 0 Å². The molecule has 1 aliphatic carbocycles. The second kappa shape index (κ2) is 3.92. The van der Waals surface area contributed by atoms with Crippen molar-refractivity contribution in [3.63, 3.8) is 0 Å². The Kier molecular flexibility index (Phi) is 2.84. The lowest BCUT2D eigenvalue weighted by Crippen LogP contribution is -2.13. The molecule has 0 aliphatic heterocycles. The molecule has 0 heterocycles. The summed E-state index contributed by atoms with van der Waals surface area (Å²) in [6.45, 7) is 8.08.